The Kier molecular flexibility index (Phi) is 10.4. The van der Waals surface area contributed by atoms with Crippen LogP contribution in [0, 0.1) is 17.8 Å². The molecule has 1 aromatic rings. The van der Waals surface area contributed by atoms with Gasteiger partial charge in [-0.1, -0.05) is 43.5 Å². The third-order valence-corrected chi connectivity index (χ3v) is 7.45. The van der Waals surface area contributed by atoms with Crippen molar-refractivity contribution in [2.24, 2.45) is 23.5 Å². The summed E-state index contributed by atoms with van der Waals surface area (Å²) in [6.45, 7) is 4.06. The molecule has 3 fully saturated rings. The van der Waals surface area contributed by atoms with E-state index >= 15 is 0 Å². The molecule has 3 N–H and O–H groups in total. The van der Waals surface area contributed by atoms with E-state index in [9.17, 15) is 4.79 Å². The Hall–Kier alpha value is -0.810. The van der Waals surface area contributed by atoms with E-state index < -0.39 is 0 Å². The average Bonchev–Trinajstić information content (AvgIpc) is 2.95. The van der Waals surface area contributed by atoms with Crippen LogP contribution in [0.3, 0.4) is 0 Å². The Bertz CT molecular complexity index is 650. The molecule has 30 heavy (non-hydrogen) atoms. The lowest BCUT2D eigenvalue weighted by atomic mass is 9.65. The number of hydrogen-bond acceptors (Lipinski definition) is 3. The topological polar surface area (TPSA) is 58.4 Å². The summed E-state index contributed by atoms with van der Waals surface area (Å²) in [5.41, 5.74) is 9.03. The number of rotatable bonds is 5. The molecule has 1 heterocycles. The highest BCUT2D eigenvalue weighted by molar-refractivity contribution is 5.85. The van der Waals surface area contributed by atoms with Gasteiger partial charge < -0.3 is 11.1 Å². The molecule has 1 amide bonds. The van der Waals surface area contributed by atoms with Gasteiger partial charge in [0.1, 0.15) is 0 Å². The van der Waals surface area contributed by atoms with E-state index in [0.29, 0.717) is 24.4 Å². The van der Waals surface area contributed by atoms with Crippen molar-refractivity contribution in [1.29, 1.82) is 0 Å². The average molecular weight is 457 g/mol. The SMILES string of the molecule is Cl.Cl.NC1C2CCCC1CC(C(=O)NCc1ccccc1CN1CCCCCC1)C2. The number of carbonyl (C=O) groups excluding carboxylic acids is 1. The van der Waals surface area contributed by atoms with Crippen LogP contribution in [0.25, 0.3) is 0 Å². The van der Waals surface area contributed by atoms with E-state index in [0.717, 1.165) is 19.4 Å². The van der Waals surface area contributed by atoms with Gasteiger partial charge in [-0.15, -0.1) is 24.8 Å². The first-order chi connectivity index (χ1) is 13.7. The van der Waals surface area contributed by atoms with Gasteiger partial charge in [-0.25, -0.2) is 0 Å². The van der Waals surface area contributed by atoms with Crippen LogP contribution in [0.5, 0.6) is 0 Å². The number of fused-ring (bicyclic) bond motifs is 2. The summed E-state index contributed by atoms with van der Waals surface area (Å²) in [7, 11) is 0. The summed E-state index contributed by atoms with van der Waals surface area (Å²) in [4.78, 5) is 15.5. The van der Waals surface area contributed by atoms with Crippen molar-refractivity contribution in [3.63, 3.8) is 0 Å². The van der Waals surface area contributed by atoms with Crippen LogP contribution in [0.15, 0.2) is 24.3 Å². The lowest BCUT2D eigenvalue weighted by Gasteiger charge is -2.43. The molecule has 0 radical (unpaired) electrons. The van der Waals surface area contributed by atoms with E-state index in [-0.39, 0.29) is 36.6 Å². The second-order valence-electron chi connectivity index (χ2n) is 9.37. The number of hydrogen-bond donors (Lipinski definition) is 2. The molecule has 1 aliphatic heterocycles. The third kappa shape index (κ3) is 6.35. The van der Waals surface area contributed by atoms with Crippen molar-refractivity contribution in [3.05, 3.63) is 35.4 Å². The molecule has 2 unspecified atom stereocenters. The lowest BCUT2D eigenvalue weighted by Crippen LogP contribution is -2.49. The van der Waals surface area contributed by atoms with Crippen LogP contribution >= 0.6 is 24.8 Å². The smallest absolute Gasteiger partial charge is 0.223 e. The van der Waals surface area contributed by atoms with Gasteiger partial charge in [0.15, 0.2) is 0 Å². The molecule has 4 rings (SSSR count). The molecule has 2 atom stereocenters. The lowest BCUT2D eigenvalue weighted by molar-refractivity contribution is -0.128. The maximum Gasteiger partial charge on any atom is 0.223 e. The quantitative estimate of drug-likeness (QED) is 0.677. The zero-order valence-electron chi connectivity index (χ0n) is 18.1. The van der Waals surface area contributed by atoms with Gasteiger partial charge in [-0.2, -0.15) is 0 Å². The van der Waals surface area contributed by atoms with Crippen LogP contribution in [-0.2, 0) is 17.9 Å². The summed E-state index contributed by atoms with van der Waals surface area (Å²) in [5, 5.41) is 3.26. The van der Waals surface area contributed by atoms with Gasteiger partial charge in [0, 0.05) is 25.0 Å². The number of nitrogens with two attached hydrogens (primary N) is 1. The predicted octanol–water partition coefficient (Wildman–Crippen LogP) is 4.68. The van der Waals surface area contributed by atoms with E-state index in [4.69, 9.17) is 5.73 Å². The Balaban J connectivity index is 0.00000160. The Morgan fingerprint density at radius 2 is 1.53 bits per heavy atom. The largest absolute Gasteiger partial charge is 0.352 e. The highest BCUT2D eigenvalue weighted by Crippen LogP contribution is 2.41. The zero-order valence-corrected chi connectivity index (χ0v) is 19.7. The molecule has 3 aliphatic rings. The van der Waals surface area contributed by atoms with Gasteiger partial charge in [0.25, 0.3) is 0 Å². The molecule has 0 aromatic heterocycles. The summed E-state index contributed by atoms with van der Waals surface area (Å²) in [6.07, 6.45) is 11.0. The predicted molar refractivity (Wildman–Crippen MR) is 128 cm³/mol. The fraction of sp³-hybridized carbons (Fsp3) is 0.708. The number of amides is 1. The Labute approximate surface area is 194 Å². The summed E-state index contributed by atoms with van der Waals surface area (Å²) < 4.78 is 0. The van der Waals surface area contributed by atoms with E-state index in [1.54, 1.807) is 0 Å². The molecule has 2 bridgehead atoms. The summed E-state index contributed by atoms with van der Waals surface area (Å²) >= 11 is 0. The highest BCUT2D eigenvalue weighted by atomic mass is 35.5. The van der Waals surface area contributed by atoms with Crippen molar-refractivity contribution < 1.29 is 4.79 Å². The van der Waals surface area contributed by atoms with Crippen molar-refractivity contribution in [2.45, 2.75) is 76.9 Å². The molecule has 0 spiro atoms. The minimum absolute atomic E-state index is 0. The number of halogens is 2. The molecular weight excluding hydrogens is 417 g/mol. The minimum atomic E-state index is 0. The minimum Gasteiger partial charge on any atom is -0.352 e. The van der Waals surface area contributed by atoms with Crippen LogP contribution in [0.2, 0.25) is 0 Å². The van der Waals surface area contributed by atoms with Crippen LogP contribution in [0.4, 0.5) is 0 Å². The second-order valence-corrected chi connectivity index (χ2v) is 9.37. The van der Waals surface area contributed by atoms with E-state index in [1.165, 1.54) is 69.2 Å². The summed E-state index contributed by atoms with van der Waals surface area (Å²) in [6, 6.07) is 8.96. The van der Waals surface area contributed by atoms with Crippen molar-refractivity contribution in [3.8, 4) is 0 Å². The molecule has 2 saturated carbocycles. The molecule has 170 valence electrons. The molecular formula is C24H39Cl2N3O. The van der Waals surface area contributed by atoms with Crippen molar-refractivity contribution in [2.75, 3.05) is 13.1 Å². The third-order valence-electron chi connectivity index (χ3n) is 7.45. The van der Waals surface area contributed by atoms with Crippen molar-refractivity contribution >= 4 is 30.7 Å². The normalized spacial score (nSPS) is 29.1. The number of nitrogens with zero attached hydrogens (tertiary/aromatic N) is 1. The Morgan fingerprint density at radius 3 is 2.17 bits per heavy atom. The number of benzene rings is 1. The fourth-order valence-electron chi connectivity index (χ4n) is 5.75. The second kappa shape index (κ2) is 12.3. The standard InChI is InChI=1S/C24H37N3O.2ClH/c25-23-18-10-7-11-19(23)15-22(14-18)24(28)26-16-20-8-3-4-9-21(20)17-27-12-5-1-2-6-13-27;;/h3-4,8-9,18-19,22-23H,1-2,5-7,10-17,25H2,(H,26,28);2*1H. The zero-order chi connectivity index (χ0) is 19.3. The number of likely N-dealkylation sites (tertiary alicyclic amines) is 1. The molecule has 2 aliphatic carbocycles. The number of nitrogens with one attached hydrogen (secondary N) is 1. The number of carbonyl (C=O) groups is 1. The first-order valence-corrected chi connectivity index (χ1v) is 11.5. The van der Waals surface area contributed by atoms with Gasteiger partial charge in [0.2, 0.25) is 5.91 Å². The van der Waals surface area contributed by atoms with Crippen molar-refractivity contribution in [1.82, 2.24) is 10.2 Å². The van der Waals surface area contributed by atoms with Crippen LogP contribution in [-0.4, -0.2) is 29.9 Å². The highest BCUT2D eigenvalue weighted by Gasteiger charge is 2.40. The van der Waals surface area contributed by atoms with Crippen LogP contribution < -0.4 is 11.1 Å². The monoisotopic (exact) mass is 455 g/mol. The summed E-state index contributed by atoms with van der Waals surface area (Å²) in [5.74, 6) is 1.51. The van der Waals surface area contributed by atoms with Gasteiger partial charge >= 0.3 is 0 Å². The Morgan fingerprint density at radius 1 is 0.933 bits per heavy atom. The van der Waals surface area contributed by atoms with E-state index in [1.807, 2.05) is 0 Å². The van der Waals surface area contributed by atoms with Gasteiger partial charge in [0.05, 0.1) is 0 Å². The van der Waals surface area contributed by atoms with Crippen LogP contribution in [0.1, 0.15) is 68.9 Å². The van der Waals surface area contributed by atoms with Gasteiger partial charge in [-0.3, -0.25) is 9.69 Å². The molecule has 4 nitrogen and oxygen atoms in total. The fourth-order valence-corrected chi connectivity index (χ4v) is 5.75. The first-order valence-electron chi connectivity index (χ1n) is 11.5. The maximum atomic E-state index is 12.9. The molecule has 6 heteroatoms. The maximum absolute atomic E-state index is 12.9. The first kappa shape index (κ1) is 25.5. The van der Waals surface area contributed by atoms with Gasteiger partial charge in [-0.05, 0) is 74.6 Å². The molecule has 1 saturated heterocycles. The molecule has 1 aromatic carbocycles. The van der Waals surface area contributed by atoms with E-state index in [2.05, 4.69) is 34.5 Å².